The molecule has 1 amide bonds. The molecule has 144 valence electrons. The van der Waals surface area contributed by atoms with Crippen molar-refractivity contribution in [3.63, 3.8) is 0 Å². The predicted molar refractivity (Wildman–Crippen MR) is 106 cm³/mol. The minimum absolute atomic E-state index is 0.0116. The number of aryl methyl sites for hydroxylation is 1. The number of amides is 1. The van der Waals surface area contributed by atoms with Crippen LogP contribution in [0.5, 0.6) is 11.5 Å². The molecule has 0 aliphatic carbocycles. The molecule has 1 heterocycles. The number of ether oxygens (including phenoxy) is 1. The maximum atomic E-state index is 12.6. The number of hydrazone groups is 1. The lowest BCUT2D eigenvalue weighted by atomic mass is 10.1. The quantitative estimate of drug-likeness (QED) is 0.504. The van der Waals surface area contributed by atoms with E-state index in [1.165, 1.54) is 24.1 Å². The van der Waals surface area contributed by atoms with Gasteiger partial charge in [0.1, 0.15) is 0 Å². The molecule has 0 fully saturated rings. The van der Waals surface area contributed by atoms with Crippen molar-refractivity contribution in [3.8, 4) is 11.5 Å². The van der Waals surface area contributed by atoms with Crippen molar-refractivity contribution in [2.45, 2.75) is 19.9 Å². The van der Waals surface area contributed by atoms with Crippen molar-refractivity contribution >= 4 is 22.9 Å². The largest absolute Gasteiger partial charge is 0.504 e. The lowest BCUT2D eigenvalue weighted by Crippen LogP contribution is -2.29. The fraction of sp³-hybridized carbons (Fsp3) is 0.200. The minimum Gasteiger partial charge on any atom is -0.504 e. The number of hydrogen-bond donors (Lipinski definition) is 2. The Bertz CT molecular complexity index is 1110. The van der Waals surface area contributed by atoms with Crippen molar-refractivity contribution < 1.29 is 14.6 Å². The van der Waals surface area contributed by atoms with Gasteiger partial charge in [0.05, 0.1) is 18.7 Å². The van der Waals surface area contributed by atoms with Gasteiger partial charge in [-0.1, -0.05) is 25.1 Å². The van der Waals surface area contributed by atoms with Crippen LogP contribution in [0, 0.1) is 0 Å². The summed E-state index contributed by atoms with van der Waals surface area (Å²) in [6.45, 7) is 2.35. The van der Waals surface area contributed by atoms with Crippen molar-refractivity contribution in [3.05, 3.63) is 64.1 Å². The first-order chi connectivity index (χ1) is 13.5. The number of carbonyl (C=O) groups excluding carboxylic acids is 1. The zero-order valence-electron chi connectivity index (χ0n) is 15.5. The SMILES string of the molecule is CCCn1nc(C(=O)N/N=C/c2ccc(O)c(OC)c2)c2ccccc2c1=O. The molecule has 2 N–H and O–H groups in total. The van der Waals surface area contributed by atoms with E-state index in [2.05, 4.69) is 15.6 Å². The standard InChI is InChI=1S/C20H20N4O4/c1-3-10-24-20(27)15-7-5-4-6-14(15)18(23-24)19(26)22-21-12-13-8-9-16(25)17(11-13)28-2/h4-9,11-12,25H,3,10H2,1-2H3,(H,22,26)/b21-12+. The third-order valence-corrected chi connectivity index (χ3v) is 4.10. The second kappa shape index (κ2) is 8.34. The highest BCUT2D eigenvalue weighted by Gasteiger charge is 2.16. The third kappa shape index (κ3) is 3.85. The molecule has 8 nitrogen and oxygen atoms in total. The van der Waals surface area contributed by atoms with Gasteiger partial charge in [0.15, 0.2) is 17.2 Å². The number of methoxy groups -OCH3 is 1. The summed E-state index contributed by atoms with van der Waals surface area (Å²) in [6.07, 6.45) is 2.14. The molecule has 3 rings (SSSR count). The second-order valence-corrected chi connectivity index (χ2v) is 6.05. The molecule has 0 atom stereocenters. The molecule has 0 radical (unpaired) electrons. The van der Waals surface area contributed by atoms with Crippen LogP contribution in [0.15, 0.2) is 52.4 Å². The highest BCUT2D eigenvalue weighted by atomic mass is 16.5. The van der Waals surface area contributed by atoms with Gasteiger partial charge in [-0.25, -0.2) is 10.1 Å². The van der Waals surface area contributed by atoms with Crippen LogP contribution in [0.25, 0.3) is 10.8 Å². The van der Waals surface area contributed by atoms with Gasteiger partial charge in [-0.2, -0.15) is 10.2 Å². The Morgan fingerprint density at radius 2 is 2.04 bits per heavy atom. The average molecular weight is 380 g/mol. The van der Waals surface area contributed by atoms with Crippen LogP contribution in [0.4, 0.5) is 0 Å². The first-order valence-corrected chi connectivity index (χ1v) is 8.75. The van der Waals surface area contributed by atoms with Crippen LogP contribution < -0.4 is 15.7 Å². The first-order valence-electron chi connectivity index (χ1n) is 8.75. The molecule has 0 aliphatic heterocycles. The van der Waals surface area contributed by atoms with Crippen LogP contribution in [0.2, 0.25) is 0 Å². The van der Waals surface area contributed by atoms with Gasteiger partial charge in [-0.15, -0.1) is 0 Å². The maximum Gasteiger partial charge on any atom is 0.292 e. The summed E-state index contributed by atoms with van der Waals surface area (Å²) in [7, 11) is 1.44. The number of benzene rings is 2. The summed E-state index contributed by atoms with van der Waals surface area (Å²) in [6, 6.07) is 11.5. The Hall–Kier alpha value is -3.68. The van der Waals surface area contributed by atoms with Crippen LogP contribution in [-0.4, -0.2) is 34.1 Å². The lowest BCUT2D eigenvalue weighted by molar-refractivity contribution is 0.0949. The number of phenolic OH excluding ortho intramolecular Hbond substituents is 1. The third-order valence-electron chi connectivity index (χ3n) is 4.10. The molecule has 2 aromatic carbocycles. The summed E-state index contributed by atoms with van der Waals surface area (Å²) in [5, 5.41) is 18.7. The van der Waals surface area contributed by atoms with E-state index < -0.39 is 5.91 Å². The molecular weight excluding hydrogens is 360 g/mol. The molecule has 28 heavy (non-hydrogen) atoms. The number of phenols is 1. The number of hydrogen-bond acceptors (Lipinski definition) is 6. The summed E-state index contributed by atoms with van der Waals surface area (Å²) in [5.41, 5.74) is 2.96. The fourth-order valence-electron chi connectivity index (χ4n) is 2.76. The predicted octanol–water partition coefficient (Wildman–Crippen LogP) is 2.28. The van der Waals surface area contributed by atoms with E-state index in [4.69, 9.17) is 4.74 Å². The van der Waals surface area contributed by atoms with Crippen LogP contribution in [0.3, 0.4) is 0 Å². The van der Waals surface area contributed by atoms with E-state index in [0.29, 0.717) is 35.1 Å². The van der Waals surface area contributed by atoms with Gasteiger partial charge < -0.3 is 9.84 Å². The summed E-state index contributed by atoms with van der Waals surface area (Å²) >= 11 is 0. The number of nitrogens with one attached hydrogen (secondary N) is 1. The van der Waals surface area contributed by atoms with Gasteiger partial charge in [0.25, 0.3) is 11.5 Å². The van der Waals surface area contributed by atoms with Gasteiger partial charge in [-0.05, 0) is 36.2 Å². The smallest absolute Gasteiger partial charge is 0.292 e. The number of nitrogens with zero attached hydrogens (tertiary/aromatic N) is 3. The maximum absolute atomic E-state index is 12.6. The normalized spacial score (nSPS) is 11.1. The molecule has 0 spiro atoms. The topological polar surface area (TPSA) is 106 Å². The van der Waals surface area contributed by atoms with Gasteiger partial charge in [0.2, 0.25) is 0 Å². The Morgan fingerprint density at radius 3 is 2.75 bits per heavy atom. The van der Waals surface area contributed by atoms with Crippen molar-refractivity contribution in [1.82, 2.24) is 15.2 Å². The van der Waals surface area contributed by atoms with Gasteiger partial charge >= 0.3 is 0 Å². The summed E-state index contributed by atoms with van der Waals surface area (Å²) in [5.74, 6) is -0.213. The summed E-state index contributed by atoms with van der Waals surface area (Å²) in [4.78, 5) is 25.1. The molecule has 0 saturated heterocycles. The van der Waals surface area contributed by atoms with Crippen LogP contribution >= 0.6 is 0 Å². The number of aromatic nitrogens is 2. The minimum atomic E-state index is -0.525. The van der Waals surface area contributed by atoms with Crippen molar-refractivity contribution in [2.75, 3.05) is 7.11 Å². The molecular formula is C20H20N4O4. The zero-order valence-corrected chi connectivity index (χ0v) is 15.5. The van der Waals surface area contributed by atoms with Gasteiger partial charge in [0, 0.05) is 11.9 Å². The van der Waals surface area contributed by atoms with Crippen molar-refractivity contribution in [1.29, 1.82) is 0 Å². The Labute approximate surface area is 161 Å². The fourth-order valence-corrected chi connectivity index (χ4v) is 2.76. The van der Waals surface area contributed by atoms with E-state index in [1.54, 1.807) is 36.4 Å². The molecule has 3 aromatic rings. The summed E-state index contributed by atoms with van der Waals surface area (Å²) < 4.78 is 6.33. The van der Waals surface area contributed by atoms with Crippen molar-refractivity contribution in [2.24, 2.45) is 5.10 Å². The Balaban J connectivity index is 1.89. The monoisotopic (exact) mass is 380 g/mol. The molecule has 0 aliphatic rings. The van der Waals surface area contributed by atoms with Crippen LogP contribution in [-0.2, 0) is 6.54 Å². The Morgan fingerprint density at radius 1 is 1.29 bits per heavy atom. The van der Waals surface area contributed by atoms with E-state index in [-0.39, 0.29) is 17.0 Å². The van der Waals surface area contributed by atoms with Gasteiger partial charge in [-0.3, -0.25) is 9.59 Å². The molecule has 0 bridgehead atoms. The van der Waals surface area contributed by atoms with E-state index >= 15 is 0 Å². The lowest BCUT2D eigenvalue weighted by Gasteiger charge is -2.09. The number of aromatic hydroxyl groups is 1. The molecule has 8 heteroatoms. The number of fused-ring (bicyclic) bond motifs is 1. The highest BCUT2D eigenvalue weighted by Crippen LogP contribution is 2.25. The van der Waals surface area contributed by atoms with Crippen LogP contribution in [0.1, 0.15) is 29.4 Å². The number of rotatable bonds is 6. The number of carbonyl (C=O) groups is 1. The van der Waals surface area contributed by atoms with E-state index in [0.717, 1.165) is 0 Å². The average Bonchev–Trinajstić information content (AvgIpc) is 2.71. The van der Waals surface area contributed by atoms with E-state index in [9.17, 15) is 14.7 Å². The second-order valence-electron chi connectivity index (χ2n) is 6.05. The first kappa shape index (κ1) is 19.1. The molecule has 0 saturated carbocycles. The molecule has 0 unspecified atom stereocenters. The highest BCUT2D eigenvalue weighted by molar-refractivity contribution is 6.04. The molecule has 1 aromatic heterocycles. The van der Waals surface area contributed by atoms with E-state index in [1.807, 2.05) is 6.92 Å². The zero-order chi connectivity index (χ0) is 20.1. The Kier molecular flexibility index (Phi) is 5.69.